The maximum atomic E-state index is 14.0. The van der Waals surface area contributed by atoms with Gasteiger partial charge in [0.25, 0.3) is 0 Å². The zero-order valence-electron chi connectivity index (χ0n) is 11.2. The molecule has 1 aromatic heterocycles. The van der Waals surface area contributed by atoms with Gasteiger partial charge in [-0.15, -0.1) is 11.3 Å². The van der Waals surface area contributed by atoms with Crippen LogP contribution in [0.1, 0.15) is 17.4 Å². The molecule has 2 aromatic rings. The molecule has 104 valence electrons. The Bertz CT molecular complexity index is 632. The molecule has 1 atom stereocenters. The number of hydrogen-bond acceptors (Lipinski definition) is 3. The maximum absolute atomic E-state index is 14.0. The van der Waals surface area contributed by atoms with E-state index in [0.717, 1.165) is 6.42 Å². The van der Waals surface area contributed by atoms with Crippen molar-refractivity contribution in [1.29, 1.82) is 5.26 Å². The Labute approximate surface area is 120 Å². The summed E-state index contributed by atoms with van der Waals surface area (Å²) < 4.78 is 27.6. The predicted molar refractivity (Wildman–Crippen MR) is 77.0 cm³/mol. The molecular formula is C15H14F2N2S. The molecule has 1 heterocycles. The van der Waals surface area contributed by atoms with Gasteiger partial charge in [0, 0.05) is 24.4 Å². The topological polar surface area (TPSA) is 27.0 Å². The van der Waals surface area contributed by atoms with Crippen molar-refractivity contribution in [3.63, 3.8) is 0 Å². The number of nitriles is 1. The number of benzene rings is 1. The molecule has 5 heteroatoms. The maximum Gasteiger partial charge on any atom is 0.183 e. The molecule has 0 aliphatic carbocycles. The first-order valence-electron chi connectivity index (χ1n) is 6.18. The van der Waals surface area contributed by atoms with E-state index in [2.05, 4.69) is 0 Å². The van der Waals surface area contributed by atoms with Crippen molar-refractivity contribution in [1.82, 2.24) is 0 Å². The van der Waals surface area contributed by atoms with Crippen LogP contribution in [0.15, 0.2) is 29.6 Å². The van der Waals surface area contributed by atoms with Gasteiger partial charge < -0.3 is 4.90 Å². The van der Waals surface area contributed by atoms with Gasteiger partial charge in [-0.25, -0.2) is 8.78 Å². The van der Waals surface area contributed by atoms with E-state index in [1.807, 2.05) is 24.4 Å². The van der Waals surface area contributed by atoms with Crippen LogP contribution in [0.3, 0.4) is 0 Å². The molecule has 0 saturated heterocycles. The zero-order chi connectivity index (χ0) is 14.7. The first-order valence-corrected chi connectivity index (χ1v) is 7.06. The molecule has 0 amide bonds. The fraction of sp³-hybridized carbons (Fsp3) is 0.267. The van der Waals surface area contributed by atoms with Gasteiger partial charge in [-0.3, -0.25) is 0 Å². The number of anilines is 1. The van der Waals surface area contributed by atoms with E-state index in [1.54, 1.807) is 29.4 Å². The second-order valence-corrected chi connectivity index (χ2v) is 5.65. The van der Waals surface area contributed by atoms with Crippen LogP contribution in [-0.2, 0) is 6.42 Å². The molecule has 0 N–H and O–H groups in total. The molecule has 20 heavy (non-hydrogen) atoms. The molecule has 0 aliphatic heterocycles. The van der Waals surface area contributed by atoms with Crippen LogP contribution in [-0.4, -0.2) is 13.1 Å². The lowest BCUT2D eigenvalue weighted by Gasteiger charge is -2.27. The molecule has 0 bridgehead atoms. The Morgan fingerprint density at radius 1 is 1.30 bits per heavy atom. The fourth-order valence-electron chi connectivity index (χ4n) is 1.99. The Kier molecular flexibility index (Phi) is 4.35. The van der Waals surface area contributed by atoms with Gasteiger partial charge in [0.1, 0.15) is 6.07 Å². The number of rotatable bonds is 4. The lowest BCUT2D eigenvalue weighted by Crippen LogP contribution is -2.31. The van der Waals surface area contributed by atoms with E-state index in [4.69, 9.17) is 5.26 Å². The van der Waals surface area contributed by atoms with Crippen molar-refractivity contribution >= 4 is 17.0 Å². The van der Waals surface area contributed by atoms with Crippen LogP contribution >= 0.6 is 11.3 Å². The van der Waals surface area contributed by atoms with Gasteiger partial charge >= 0.3 is 0 Å². The minimum Gasteiger partial charge on any atom is -0.369 e. The van der Waals surface area contributed by atoms with Gasteiger partial charge in [-0.1, -0.05) is 6.07 Å². The molecule has 1 unspecified atom stereocenters. The van der Waals surface area contributed by atoms with Gasteiger partial charge in [-0.2, -0.15) is 5.26 Å². The number of likely N-dealkylation sites (N-methyl/N-ethyl adjacent to an activating group) is 1. The molecule has 0 fully saturated rings. The normalized spacial score (nSPS) is 11.9. The average Bonchev–Trinajstić information content (AvgIpc) is 2.94. The molecule has 0 aliphatic rings. The number of hydrogen-bond donors (Lipinski definition) is 0. The summed E-state index contributed by atoms with van der Waals surface area (Å²) in [5, 5.41) is 10.7. The van der Waals surface area contributed by atoms with E-state index in [1.165, 1.54) is 17.0 Å². The smallest absolute Gasteiger partial charge is 0.183 e. The van der Waals surface area contributed by atoms with E-state index in [9.17, 15) is 8.78 Å². The lowest BCUT2D eigenvalue weighted by atomic mass is 10.1. The highest BCUT2D eigenvalue weighted by atomic mass is 32.1. The summed E-state index contributed by atoms with van der Waals surface area (Å²) in [4.78, 5) is 2.89. The van der Waals surface area contributed by atoms with Crippen molar-refractivity contribution in [3.05, 3.63) is 51.7 Å². The van der Waals surface area contributed by atoms with E-state index in [-0.39, 0.29) is 17.3 Å². The monoisotopic (exact) mass is 292 g/mol. The zero-order valence-corrected chi connectivity index (χ0v) is 12.0. The highest BCUT2D eigenvalue weighted by Gasteiger charge is 2.19. The highest BCUT2D eigenvalue weighted by molar-refractivity contribution is 7.09. The van der Waals surface area contributed by atoms with Crippen LogP contribution in [0, 0.1) is 23.0 Å². The summed E-state index contributed by atoms with van der Waals surface area (Å²) in [5.41, 5.74) is -0.101. The minimum absolute atomic E-state index is 0.0236. The van der Waals surface area contributed by atoms with Crippen LogP contribution in [0.5, 0.6) is 0 Å². The van der Waals surface area contributed by atoms with Crippen LogP contribution < -0.4 is 4.90 Å². The van der Waals surface area contributed by atoms with Gasteiger partial charge in [0.05, 0.1) is 11.3 Å². The molecule has 2 rings (SSSR count). The molecule has 0 spiro atoms. The summed E-state index contributed by atoms with van der Waals surface area (Å²) in [6, 6.07) is 8.40. The molecule has 0 saturated carbocycles. The van der Waals surface area contributed by atoms with Gasteiger partial charge in [0.2, 0.25) is 0 Å². The number of halogens is 2. The lowest BCUT2D eigenvalue weighted by molar-refractivity contribution is 0.501. The van der Waals surface area contributed by atoms with E-state index in [0.29, 0.717) is 0 Å². The molecule has 2 nitrogen and oxygen atoms in total. The first kappa shape index (κ1) is 14.5. The van der Waals surface area contributed by atoms with E-state index < -0.39 is 11.6 Å². The van der Waals surface area contributed by atoms with Gasteiger partial charge in [-0.05, 0) is 30.5 Å². The third-order valence-corrected chi connectivity index (χ3v) is 4.20. The molecule has 1 aromatic carbocycles. The Hall–Kier alpha value is -1.93. The van der Waals surface area contributed by atoms with E-state index >= 15 is 0 Å². The summed E-state index contributed by atoms with van der Waals surface area (Å²) in [6.07, 6.45) is 0.759. The SMILES string of the molecule is CC(Cc1cccs1)N(C)c1ccc(C#N)c(F)c1F. The van der Waals surface area contributed by atoms with Crippen molar-refractivity contribution in [2.24, 2.45) is 0 Å². The average molecular weight is 292 g/mol. The van der Waals surface area contributed by atoms with Crippen LogP contribution in [0.4, 0.5) is 14.5 Å². The Morgan fingerprint density at radius 2 is 2.05 bits per heavy atom. The first-order chi connectivity index (χ1) is 9.54. The van der Waals surface area contributed by atoms with Crippen molar-refractivity contribution < 1.29 is 8.78 Å². The second kappa shape index (κ2) is 6.02. The standard InChI is InChI=1S/C15H14F2N2S/c1-10(8-12-4-3-7-20-12)19(2)13-6-5-11(9-18)14(16)15(13)17/h3-7,10H,8H2,1-2H3. The molecule has 0 radical (unpaired) electrons. The second-order valence-electron chi connectivity index (χ2n) is 4.62. The minimum atomic E-state index is -1.08. The summed E-state index contributed by atoms with van der Waals surface area (Å²) >= 11 is 1.64. The summed E-state index contributed by atoms with van der Waals surface area (Å²) in [5.74, 6) is -2.05. The van der Waals surface area contributed by atoms with Crippen molar-refractivity contribution in [2.75, 3.05) is 11.9 Å². The van der Waals surface area contributed by atoms with Crippen molar-refractivity contribution in [2.45, 2.75) is 19.4 Å². The number of nitrogens with zero attached hydrogens (tertiary/aromatic N) is 2. The van der Waals surface area contributed by atoms with Crippen LogP contribution in [0.25, 0.3) is 0 Å². The fourth-order valence-corrected chi connectivity index (χ4v) is 2.82. The summed E-state index contributed by atoms with van der Waals surface area (Å²) in [6.45, 7) is 1.95. The Morgan fingerprint density at radius 3 is 2.65 bits per heavy atom. The van der Waals surface area contributed by atoms with Gasteiger partial charge in [0.15, 0.2) is 11.6 Å². The quantitative estimate of drug-likeness (QED) is 0.852. The third kappa shape index (κ3) is 2.81. The molecular weight excluding hydrogens is 278 g/mol. The Balaban J connectivity index is 2.23. The largest absolute Gasteiger partial charge is 0.369 e. The summed E-state index contributed by atoms with van der Waals surface area (Å²) in [7, 11) is 1.72. The third-order valence-electron chi connectivity index (χ3n) is 3.30. The van der Waals surface area contributed by atoms with Crippen molar-refractivity contribution in [3.8, 4) is 6.07 Å². The number of thiophene rings is 1. The van der Waals surface area contributed by atoms with Crippen LogP contribution in [0.2, 0.25) is 0 Å². The highest BCUT2D eigenvalue weighted by Crippen LogP contribution is 2.25. The predicted octanol–water partition coefficient (Wildman–Crippen LogP) is 3.97.